The van der Waals surface area contributed by atoms with E-state index in [1.807, 2.05) is 24.3 Å². The maximum absolute atomic E-state index is 12.3. The molecule has 1 amide bonds. The Morgan fingerprint density at radius 2 is 2.24 bits per heavy atom. The number of hydrogen-bond acceptors (Lipinski definition) is 3. The van der Waals surface area contributed by atoms with Gasteiger partial charge in [0.15, 0.2) is 0 Å². The van der Waals surface area contributed by atoms with Gasteiger partial charge in [0.1, 0.15) is 6.04 Å². The lowest BCUT2D eigenvalue weighted by atomic mass is 10.1. The first-order chi connectivity index (χ1) is 10.1. The molecule has 2 rings (SSSR count). The van der Waals surface area contributed by atoms with Gasteiger partial charge in [0.25, 0.3) is 0 Å². The van der Waals surface area contributed by atoms with E-state index in [2.05, 4.69) is 15.9 Å². The number of aryl methyl sites for hydroxylation is 1. The van der Waals surface area contributed by atoms with Crippen LogP contribution in [0.2, 0.25) is 0 Å². The molecule has 0 aliphatic carbocycles. The largest absolute Gasteiger partial charge is 0.464 e. The van der Waals surface area contributed by atoms with Crippen LogP contribution in [0.4, 0.5) is 0 Å². The molecule has 5 heteroatoms. The number of amides is 1. The van der Waals surface area contributed by atoms with Crippen molar-refractivity contribution < 1.29 is 14.3 Å². The van der Waals surface area contributed by atoms with Gasteiger partial charge in [-0.2, -0.15) is 0 Å². The number of carbonyl (C=O) groups is 2. The molecule has 1 aliphatic rings. The first kappa shape index (κ1) is 16.0. The van der Waals surface area contributed by atoms with Crippen molar-refractivity contribution in [2.75, 3.05) is 13.2 Å². The molecule has 1 saturated heterocycles. The van der Waals surface area contributed by atoms with E-state index >= 15 is 0 Å². The van der Waals surface area contributed by atoms with E-state index < -0.39 is 0 Å². The minimum absolute atomic E-state index is 0.0329. The highest BCUT2D eigenvalue weighted by Crippen LogP contribution is 2.20. The first-order valence-corrected chi connectivity index (χ1v) is 8.11. The molecule has 114 valence electrons. The monoisotopic (exact) mass is 353 g/mol. The molecule has 0 aromatic heterocycles. The number of carbonyl (C=O) groups excluding carboxylic acids is 2. The molecule has 0 saturated carbocycles. The number of ether oxygens (including phenoxy) is 1. The maximum atomic E-state index is 12.3. The number of esters is 1. The fourth-order valence-corrected chi connectivity index (χ4v) is 3.08. The van der Waals surface area contributed by atoms with Crippen LogP contribution in [0.5, 0.6) is 0 Å². The molecule has 0 spiro atoms. The van der Waals surface area contributed by atoms with Crippen LogP contribution in [0, 0.1) is 0 Å². The quantitative estimate of drug-likeness (QED) is 0.764. The van der Waals surface area contributed by atoms with Gasteiger partial charge in [-0.15, -0.1) is 0 Å². The smallest absolute Gasteiger partial charge is 0.328 e. The fraction of sp³-hybridized carbons (Fsp3) is 0.500. The van der Waals surface area contributed by atoms with Crippen molar-refractivity contribution in [3.8, 4) is 0 Å². The molecule has 1 aliphatic heterocycles. The standard InChI is InChI=1S/C16H20BrNO3/c1-2-21-16(20)14-7-4-10-18(14)15(19)9-8-12-5-3-6-13(17)11-12/h3,5-6,11,14H,2,4,7-10H2,1H3. The van der Waals surface area contributed by atoms with Gasteiger partial charge in [-0.3, -0.25) is 4.79 Å². The average Bonchev–Trinajstić information content (AvgIpc) is 2.94. The van der Waals surface area contributed by atoms with Crippen molar-refractivity contribution in [1.29, 1.82) is 0 Å². The third-order valence-corrected chi connectivity index (χ3v) is 4.14. The van der Waals surface area contributed by atoms with E-state index in [0.717, 1.165) is 16.5 Å². The predicted octanol–water partition coefficient (Wildman–Crippen LogP) is 2.94. The Hall–Kier alpha value is -1.36. The van der Waals surface area contributed by atoms with Crippen molar-refractivity contribution in [3.63, 3.8) is 0 Å². The van der Waals surface area contributed by atoms with Gasteiger partial charge < -0.3 is 9.64 Å². The van der Waals surface area contributed by atoms with E-state index in [-0.39, 0.29) is 17.9 Å². The van der Waals surface area contributed by atoms with Crippen LogP contribution in [0.1, 0.15) is 31.7 Å². The predicted molar refractivity (Wildman–Crippen MR) is 83.8 cm³/mol. The van der Waals surface area contributed by atoms with Crippen LogP contribution in [0.25, 0.3) is 0 Å². The minimum atomic E-state index is -0.389. The molecule has 4 nitrogen and oxygen atoms in total. The summed E-state index contributed by atoms with van der Waals surface area (Å²) in [6.45, 7) is 2.79. The van der Waals surface area contributed by atoms with Gasteiger partial charge in [-0.1, -0.05) is 28.1 Å². The number of nitrogens with zero attached hydrogens (tertiary/aromatic N) is 1. The molecule has 1 atom stereocenters. The van der Waals surface area contributed by atoms with Gasteiger partial charge in [-0.05, 0) is 43.9 Å². The molecular weight excluding hydrogens is 334 g/mol. The topological polar surface area (TPSA) is 46.6 Å². The Morgan fingerprint density at radius 1 is 1.43 bits per heavy atom. The Bertz CT molecular complexity index is 518. The van der Waals surface area contributed by atoms with E-state index in [0.29, 0.717) is 32.4 Å². The summed E-state index contributed by atoms with van der Waals surface area (Å²) in [6.07, 6.45) is 2.68. The van der Waals surface area contributed by atoms with Crippen molar-refractivity contribution in [3.05, 3.63) is 34.3 Å². The first-order valence-electron chi connectivity index (χ1n) is 7.32. The molecule has 1 fully saturated rings. The Balaban J connectivity index is 1.91. The van der Waals surface area contributed by atoms with E-state index in [9.17, 15) is 9.59 Å². The van der Waals surface area contributed by atoms with E-state index in [1.54, 1.807) is 11.8 Å². The second kappa shape index (κ2) is 7.59. The molecular formula is C16H20BrNO3. The summed E-state index contributed by atoms with van der Waals surface area (Å²) in [5.41, 5.74) is 1.12. The summed E-state index contributed by atoms with van der Waals surface area (Å²) in [4.78, 5) is 25.9. The van der Waals surface area contributed by atoms with Crippen LogP contribution in [-0.4, -0.2) is 36.0 Å². The van der Waals surface area contributed by atoms with Crippen LogP contribution in [0.15, 0.2) is 28.7 Å². The molecule has 1 unspecified atom stereocenters. The SMILES string of the molecule is CCOC(=O)C1CCCN1C(=O)CCc1cccc(Br)c1. The molecule has 21 heavy (non-hydrogen) atoms. The number of benzene rings is 1. The zero-order chi connectivity index (χ0) is 15.2. The van der Waals surface area contributed by atoms with Crippen LogP contribution >= 0.6 is 15.9 Å². The lowest BCUT2D eigenvalue weighted by Crippen LogP contribution is -2.41. The Kier molecular flexibility index (Phi) is 5.79. The summed E-state index contributed by atoms with van der Waals surface area (Å²) in [5.74, 6) is -0.240. The van der Waals surface area contributed by atoms with Crippen LogP contribution in [-0.2, 0) is 20.7 Å². The fourth-order valence-electron chi connectivity index (χ4n) is 2.64. The normalized spacial score (nSPS) is 17.8. The van der Waals surface area contributed by atoms with Crippen molar-refractivity contribution in [2.45, 2.75) is 38.6 Å². The van der Waals surface area contributed by atoms with Crippen molar-refractivity contribution >= 4 is 27.8 Å². The third-order valence-electron chi connectivity index (χ3n) is 3.65. The van der Waals surface area contributed by atoms with Crippen LogP contribution < -0.4 is 0 Å². The average molecular weight is 354 g/mol. The van der Waals surface area contributed by atoms with Gasteiger partial charge >= 0.3 is 5.97 Å². The van der Waals surface area contributed by atoms with Crippen molar-refractivity contribution in [1.82, 2.24) is 4.90 Å². The summed E-state index contributed by atoms with van der Waals surface area (Å²) >= 11 is 3.42. The minimum Gasteiger partial charge on any atom is -0.464 e. The highest BCUT2D eigenvalue weighted by molar-refractivity contribution is 9.10. The van der Waals surface area contributed by atoms with E-state index in [4.69, 9.17) is 4.74 Å². The Labute approximate surface area is 133 Å². The lowest BCUT2D eigenvalue weighted by Gasteiger charge is -2.23. The Morgan fingerprint density at radius 3 is 2.95 bits per heavy atom. The highest BCUT2D eigenvalue weighted by Gasteiger charge is 2.34. The summed E-state index contributed by atoms with van der Waals surface area (Å²) < 4.78 is 6.06. The highest BCUT2D eigenvalue weighted by atomic mass is 79.9. The zero-order valence-corrected chi connectivity index (χ0v) is 13.8. The molecule has 1 aromatic rings. The summed E-state index contributed by atoms with van der Waals surface area (Å²) in [6, 6.07) is 7.55. The third kappa shape index (κ3) is 4.30. The molecule has 0 N–H and O–H groups in total. The number of rotatable bonds is 5. The molecule has 0 bridgehead atoms. The molecule has 0 radical (unpaired) electrons. The summed E-state index contributed by atoms with van der Waals surface area (Å²) in [7, 11) is 0. The number of hydrogen-bond donors (Lipinski definition) is 0. The maximum Gasteiger partial charge on any atom is 0.328 e. The summed E-state index contributed by atoms with van der Waals surface area (Å²) in [5, 5.41) is 0. The lowest BCUT2D eigenvalue weighted by molar-refractivity contribution is -0.153. The molecule has 1 heterocycles. The van der Waals surface area contributed by atoms with Gasteiger partial charge in [0, 0.05) is 17.4 Å². The second-order valence-corrected chi connectivity index (χ2v) is 6.04. The van der Waals surface area contributed by atoms with Crippen molar-refractivity contribution in [2.24, 2.45) is 0 Å². The van der Waals surface area contributed by atoms with E-state index in [1.165, 1.54) is 0 Å². The van der Waals surface area contributed by atoms with Gasteiger partial charge in [0.05, 0.1) is 6.61 Å². The molecule has 1 aromatic carbocycles. The zero-order valence-electron chi connectivity index (χ0n) is 12.2. The number of likely N-dealkylation sites (tertiary alicyclic amines) is 1. The number of halogens is 1. The van der Waals surface area contributed by atoms with Crippen LogP contribution in [0.3, 0.4) is 0 Å². The van der Waals surface area contributed by atoms with Gasteiger partial charge in [-0.25, -0.2) is 4.79 Å². The second-order valence-electron chi connectivity index (χ2n) is 5.13. The van der Waals surface area contributed by atoms with Gasteiger partial charge in [0.2, 0.25) is 5.91 Å².